The van der Waals surface area contributed by atoms with Crippen molar-refractivity contribution in [3.05, 3.63) is 29.3 Å². The summed E-state index contributed by atoms with van der Waals surface area (Å²) in [6.45, 7) is 7.57. The summed E-state index contributed by atoms with van der Waals surface area (Å²) >= 11 is 0. The molecular formula is C18H24O2. The van der Waals surface area contributed by atoms with Crippen molar-refractivity contribution in [2.75, 3.05) is 6.61 Å². The summed E-state index contributed by atoms with van der Waals surface area (Å²) in [6, 6.07) is 6.36. The largest absolute Gasteiger partial charge is 0.493 e. The Hall–Kier alpha value is -1.02. The first kappa shape index (κ1) is 12.7. The molecule has 0 radical (unpaired) electrons. The van der Waals surface area contributed by atoms with Crippen LogP contribution >= 0.6 is 0 Å². The Morgan fingerprint density at radius 1 is 1.25 bits per heavy atom. The zero-order chi connectivity index (χ0) is 14.2. The van der Waals surface area contributed by atoms with Crippen molar-refractivity contribution < 1.29 is 9.84 Å². The molecule has 1 aliphatic heterocycles. The Balaban J connectivity index is 1.88. The molecule has 2 heteroatoms. The molecule has 3 aliphatic rings. The maximum atomic E-state index is 11.7. The summed E-state index contributed by atoms with van der Waals surface area (Å²) in [6.07, 6.45) is 4.54. The maximum absolute atomic E-state index is 11.7. The molecule has 108 valence electrons. The fourth-order valence-electron chi connectivity index (χ4n) is 5.39. The van der Waals surface area contributed by atoms with E-state index in [1.807, 2.05) is 0 Å². The first-order chi connectivity index (χ1) is 9.38. The van der Waals surface area contributed by atoms with Gasteiger partial charge in [-0.15, -0.1) is 0 Å². The van der Waals surface area contributed by atoms with Gasteiger partial charge in [0.25, 0.3) is 0 Å². The average Bonchev–Trinajstić information content (AvgIpc) is 3.05. The third-order valence-electron chi connectivity index (χ3n) is 6.68. The van der Waals surface area contributed by atoms with E-state index >= 15 is 0 Å². The SMILES string of the molecule is CC12CCC(C1)C(C)(C)C2(O)c1ccc2c(c1)CCO2. The zero-order valence-electron chi connectivity index (χ0n) is 12.7. The van der Waals surface area contributed by atoms with Crippen molar-refractivity contribution in [2.24, 2.45) is 16.7 Å². The first-order valence-corrected chi connectivity index (χ1v) is 7.87. The van der Waals surface area contributed by atoms with Gasteiger partial charge in [0.05, 0.1) is 6.61 Å². The average molecular weight is 272 g/mol. The van der Waals surface area contributed by atoms with Gasteiger partial charge in [0.15, 0.2) is 0 Å². The lowest BCUT2D eigenvalue weighted by atomic mass is 9.57. The molecule has 2 fully saturated rings. The third kappa shape index (κ3) is 1.25. The molecule has 2 nitrogen and oxygen atoms in total. The second kappa shape index (κ2) is 3.59. The van der Waals surface area contributed by atoms with Gasteiger partial charge in [0, 0.05) is 17.3 Å². The van der Waals surface area contributed by atoms with Crippen LogP contribution in [0.4, 0.5) is 0 Å². The van der Waals surface area contributed by atoms with Crippen LogP contribution in [-0.4, -0.2) is 11.7 Å². The monoisotopic (exact) mass is 272 g/mol. The van der Waals surface area contributed by atoms with E-state index in [9.17, 15) is 5.11 Å². The number of hydrogen-bond acceptors (Lipinski definition) is 2. The van der Waals surface area contributed by atoms with E-state index in [1.54, 1.807) is 0 Å². The van der Waals surface area contributed by atoms with E-state index in [0.29, 0.717) is 5.92 Å². The molecule has 3 atom stereocenters. The summed E-state index contributed by atoms with van der Waals surface area (Å²) in [7, 11) is 0. The highest BCUT2D eigenvalue weighted by Crippen LogP contribution is 2.71. The molecule has 1 N–H and O–H groups in total. The van der Waals surface area contributed by atoms with Gasteiger partial charge in [-0.1, -0.05) is 26.8 Å². The Kier molecular flexibility index (Phi) is 2.28. The van der Waals surface area contributed by atoms with Gasteiger partial charge in [-0.25, -0.2) is 0 Å². The predicted octanol–water partition coefficient (Wildman–Crippen LogP) is 3.66. The van der Waals surface area contributed by atoms with Crippen LogP contribution in [-0.2, 0) is 12.0 Å². The highest BCUT2D eigenvalue weighted by molar-refractivity contribution is 5.44. The standard InChI is InChI=1S/C18H24O2/c1-16(2)14-6-8-17(3,11-14)18(16,19)13-4-5-15-12(10-13)7-9-20-15/h4-5,10,14,19H,6-9,11H2,1-3H3. The Morgan fingerprint density at radius 3 is 2.75 bits per heavy atom. The summed E-state index contributed by atoms with van der Waals surface area (Å²) in [5.41, 5.74) is 1.64. The topological polar surface area (TPSA) is 29.5 Å². The minimum Gasteiger partial charge on any atom is -0.493 e. The van der Waals surface area contributed by atoms with E-state index in [4.69, 9.17) is 4.74 Å². The Labute approximate surface area is 121 Å². The molecule has 0 saturated heterocycles. The molecule has 0 spiro atoms. The summed E-state index contributed by atoms with van der Waals surface area (Å²) < 4.78 is 5.61. The van der Waals surface area contributed by atoms with Crippen LogP contribution in [0.1, 0.15) is 51.2 Å². The van der Waals surface area contributed by atoms with E-state index < -0.39 is 5.60 Å². The van der Waals surface area contributed by atoms with Gasteiger partial charge >= 0.3 is 0 Å². The molecule has 1 aromatic carbocycles. The van der Waals surface area contributed by atoms with Crippen molar-refractivity contribution in [1.82, 2.24) is 0 Å². The fraction of sp³-hybridized carbons (Fsp3) is 0.667. The van der Waals surface area contributed by atoms with Crippen LogP contribution in [0.25, 0.3) is 0 Å². The van der Waals surface area contributed by atoms with Crippen molar-refractivity contribution in [3.8, 4) is 5.75 Å². The number of rotatable bonds is 1. The highest BCUT2D eigenvalue weighted by atomic mass is 16.5. The number of aliphatic hydroxyl groups is 1. The van der Waals surface area contributed by atoms with Gasteiger partial charge < -0.3 is 9.84 Å². The predicted molar refractivity (Wildman–Crippen MR) is 78.8 cm³/mol. The summed E-state index contributed by atoms with van der Waals surface area (Å²) in [5.74, 6) is 1.64. The van der Waals surface area contributed by atoms with E-state index in [0.717, 1.165) is 37.2 Å². The van der Waals surface area contributed by atoms with E-state index in [1.165, 1.54) is 12.0 Å². The molecule has 3 unspecified atom stereocenters. The van der Waals surface area contributed by atoms with Crippen molar-refractivity contribution in [1.29, 1.82) is 0 Å². The molecule has 2 aliphatic carbocycles. The van der Waals surface area contributed by atoms with Crippen molar-refractivity contribution in [2.45, 2.75) is 52.1 Å². The van der Waals surface area contributed by atoms with Crippen LogP contribution in [0.2, 0.25) is 0 Å². The zero-order valence-corrected chi connectivity index (χ0v) is 12.7. The molecule has 1 aromatic rings. The number of benzene rings is 1. The lowest BCUT2D eigenvalue weighted by Gasteiger charge is -2.51. The highest BCUT2D eigenvalue weighted by Gasteiger charge is 2.69. The van der Waals surface area contributed by atoms with Crippen LogP contribution in [0.5, 0.6) is 5.75 Å². The fourth-order valence-corrected chi connectivity index (χ4v) is 5.39. The minimum atomic E-state index is -0.708. The molecule has 1 heterocycles. The van der Waals surface area contributed by atoms with Crippen LogP contribution < -0.4 is 4.74 Å². The van der Waals surface area contributed by atoms with Crippen molar-refractivity contribution in [3.63, 3.8) is 0 Å². The lowest BCUT2D eigenvalue weighted by Crippen LogP contribution is -2.51. The van der Waals surface area contributed by atoms with E-state index in [2.05, 4.69) is 39.0 Å². The van der Waals surface area contributed by atoms with Gasteiger partial charge in [0.2, 0.25) is 0 Å². The number of fused-ring (bicyclic) bond motifs is 3. The Morgan fingerprint density at radius 2 is 2.05 bits per heavy atom. The van der Waals surface area contributed by atoms with Crippen LogP contribution in [0.15, 0.2) is 18.2 Å². The minimum absolute atomic E-state index is 0.0227. The molecule has 20 heavy (non-hydrogen) atoms. The molecular weight excluding hydrogens is 248 g/mol. The van der Waals surface area contributed by atoms with E-state index in [-0.39, 0.29) is 10.8 Å². The van der Waals surface area contributed by atoms with Gasteiger partial charge in [-0.3, -0.25) is 0 Å². The van der Waals surface area contributed by atoms with Gasteiger partial charge in [-0.2, -0.15) is 0 Å². The smallest absolute Gasteiger partial charge is 0.122 e. The van der Waals surface area contributed by atoms with Crippen LogP contribution in [0, 0.1) is 16.7 Å². The van der Waals surface area contributed by atoms with Crippen molar-refractivity contribution >= 4 is 0 Å². The Bertz CT molecular complexity index is 570. The lowest BCUT2D eigenvalue weighted by molar-refractivity contribution is -0.150. The second-order valence-electron chi connectivity index (χ2n) is 7.85. The van der Waals surface area contributed by atoms with Gasteiger partial charge in [0.1, 0.15) is 11.4 Å². The maximum Gasteiger partial charge on any atom is 0.122 e. The first-order valence-electron chi connectivity index (χ1n) is 7.87. The molecule has 0 aromatic heterocycles. The second-order valence-corrected chi connectivity index (χ2v) is 7.85. The molecule has 0 amide bonds. The van der Waals surface area contributed by atoms with Crippen LogP contribution in [0.3, 0.4) is 0 Å². The molecule has 2 bridgehead atoms. The number of hydrogen-bond donors (Lipinski definition) is 1. The third-order valence-corrected chi connectivity index (χ3v) is 6.68. The summed E-state index contributed by atoms with van der Waals surface area (Å²) in [4.78, 5) is 0. The molecule has 2 saturated carbocycles. The van der Waals surface area contributed by atoms with Gasteiger partial charge in [-0.05, 0) is 48.4 Å². The molecule has 4 rings (SSSR count). The quantitative estimate of drug-likeness (QED) is 0.845. The summed E-state index contributed by atoms with van der Waals surface area (Å²) in [5, 5.41) is 11.7. The number of ether oxygens (including phenoxy) is 1. The normalized spacial score (nSPS) is 40.7.